The number of hydrogen-bond acceptors (Lipinski definition) is 6. The number of carbonyl (C=O) groups excluding carboxylic acids is 2. The van der Waals surface area contributed by atoms with E-state index in [0.29, 0.717) is 37.8 Å². The predicted octanol–water partition coefficient (Wildman–Crippen LogP) is 1.96. The molecule has 1 aliphatic heterocycles. The summed E-state index contributed by atoms with van der Waals surface area (Å²) in [5, 5.41) is 6.72. The molecule has 2 aromatic heterocycles. The van der Waals surface area contributed by atoms with Crippen LogP contribution in [0.5, 0.6) is 0 Å². The third-order valence-electron chi connectivity index (χ3n) is 4.30. The van der Waals surface area contributed by atoms with Crippen LogP contribution in [0.4, 0.5) is 5.88 Å². The molecule has 26 heavy (non-hydrogen) atoms. The fraction of sp³-hybridized carbons (Fsp3) is 0.500. The van der Waals surface area contributed by atoms with E-state index in [2.05, 4.69) is 10.5 Å². The SMILES string of the molecule is CC(C)(C)c1cc(NC(=O)CN2CCN(C(=O)c3ccco3)CC2)on1. The molecule has 2 amide bonds. The monoisotopic (exact) mass is 360 g/mol. The van der Waals surface area contributed by atoms with E-state index in [1.807, 2.05) is 25.7 Å². The first kappa shape index (κ1) is 18.2. The van der Waals surface area contributed by atoms with E-state index in [0.717, 1.165) is 5.69 Å². The van der Waals surface area contributed by atoms with Crippen molar-refractivity contribution in [2.45, 2.75) is 26.2 Å². The number of piperazine rings is 1. The van der Waals surface area contributed by atoms with Gasteiger partial charge in [-0.05, 0) is 12.1 Å². The van der Waals surface area contributed by atoms with Crippen LogP contribution < -0.4 is 5.32 Å². The Morgan fingerprint density at radius 3 is 2.54 bits per heavy atom. The van der Waals surface area contributed by atoms with Crippen molar-refractivity contribution in [2.75, 3.05) is 38.0 Å². The van der Waals surface area contributed by atoms with Crippen LogP contribution >= 0.6 is 0 Å². The number of rotatable bonds is 4. The first-order valence-corrected chi connectivity index (χ1v) is 8.65. The largest absolute Gasteiger partial charge is 0.459 e. The van der Waals surface area contributed by atoms with Crippen molar-refractivity contribution in [2.24, 2.45) is 0 Å². The van der Waals surface area contributed by atoms with Gasteiger partial charge in [0.05, 0.1) is 18.5 Å². The maximum Gasteiger partial charge on any atom is 0.289 e. The molecule has 2 aromatic rings. The molecule has 0 aromatic carbocycles. The summed E-state index contributed by atoms with van der Waals surface area (Å²) in [5.74, 6) is 0.422. The maximum atomic E-state index is 12.2. The minimum Gasteiger partial charge on any atom is -0.459 e. The van der Waals surface area contributed by atoms with E-state index in [4.69, 9.17) is 8.94 Å². The molecule has 1 aliphatic rings. The van der Waals surface area contributed by atoms with Gasteiger partial charge in [0.25, 0.3) is 5.91 Å². The Hall–Kier alpha value is -2.61. The molecule has 8 nitrogen and oxygen atoms in total. The van der Waals surface area contributed by atoms with Gasteiger partial charge in [-0.3, -0.25) is 19.8 Å². The first-order valence-electron chi connectivity index (χ1n) is 8.65. The second kappa shape index (κ2) is 7.33. The Balaban J connectivity index is 1.46. The van der Waals surface area contributed by atoms with E-state index in [9.17, 15) is 9.59 Å². The summed E-state index contributed by atoms with van der Waals surface area (Å²) in [5.41, 5.74) is 0.654. The standard InChI is InChI=1S/C18H24N4O4/c1-18(2,3)14-11-16(26-20-14)19-15(23)12-21-6-8-22(9-7-21)17(24)13-5-4-10-25-13/h4-5,10-11H,6-9,12H2,1-3H3,(H,19,23). The van der Waals surface area contributed by atoms with E-state index in [-0.39, 0.29) is 23.8 Å². The van der Waals surface area contributed by atoms with Crippen LogP contribution in [-0.2, 0) is 10.2 Å². The Morgan fingerprint density at radius 2 is 1.96 bits per heavy atom. The molecule has 0 aliphatic carbocycles. The van der Waals surface area contributed by atoms with Gasteiger partial charge in [0.15, 0.2) is 5.76 Å². The average molecular weight is 360 g/mol. The summed E-state index contributed by atoms with van der Waals surface area (Å²) >= 11 is 0. The van der Waals surface area contributed by atoms with Gasteiger partial charge >= 0.3 is 0 Å². The summed E-state index contributed by atoms with van der Waals surface area (Å²) in [7, 11) is 0. The lowest BCUT2D eigenvalue weighted by Crippen LogP contribution is -2.50. The zero-order valence-corrected chi connectivity index (χ0v) is 15.3. The molecule has 3 heterocycles. The lowest BCUT2D eigenvalue weighted by atomic mass is 9.92. The Kier molecular flexibility index (Phi) is 5.13. The van der Waals surface area contributed by atoms with Crippen molar-refractivity contribution in [3.8, 4) is 0 Å². The molecule has 8 heteroatoms. The second-order valence-corrected chi connectivity index (χ2v) is 7.42. The number of nitrogens with zero attached hydrogens (tertiary/aromatic N) is 3. The van der Waals surface area contributed by atoms with Crippen molar-refractivity contribution in [1.29, 1.82) is 0 Å². The number of nitrogens with one attached hydrogen (secondary N) is 1. The summed E-state index contributed by atoms with van der Waals surface area (Å²) < 4.78 is 10.3. The molecule has 0 atom stereocenters. The zero-order valence-electron chi connectivity index (χ0n) is 15.3. The number of hydrogen-bond donors (Lipinski definition) is 1. The quantitative estimate of drug-likeness (QED) is 0.896. The highest BCUT2D eigenvalue weighted by atomic mass is 16.5. The summed E-state index contributed by atoms with van der Waals surface area (Å²) in [4.78, 5) is 28.2. The van der Waals surface area contributed by atoms with Crippen LogP contribution in [0, 0.1) is 0 Å². The van der Waals surface area contributed by atoms with Crippen LogP contribution in [0.1, 0.15) is 37.0 Å². The molecular weight excluding hydrogens is 336 g/mol. The predicted molar refractivity (Wildman–Crippen MR) is 94.9 cm³/mol. The van der Waals surface area contributed by atoms with Gasteiger partial charge in [-0.1, -0.05) is 25.9 Å². The van der Waals surface area contributed by atoms with Crippen LogP contribution in [0.2, 0.25) is 0 Å². The molecule has 0 radical (unpaired) electrons. The van der Waals surface area contributed by atoms with Gasteiger partial charge in [0.1, 0.15) is 0 Å². The molecule has 0 bridgehead atoms. The number of aromatic nitrogens is 1. The maximum absolute atomic E-state index is 12.2. The van der Waals surface area contributed by atoms with Crippen molar-refractivity contribution in [3.63, 3.8) is 0 Å². The highest BCUT2D eigenvalue weighted by Gasteiger charge is 2.25. The lowest BCUT2D eigenvalue weighted by molar-refractivity contribution is -0.117. The first-order chi connectivity index (χ1) is 12.3. The summed E-state index contributed by atoms with van der Waals surface area (Å²) in [6.07, 6.45) is 1.49. The van der Waals surface area contributed by atoms with E-state index < -0.39 is 0 Å². The molecule has 3 rings (SSSR count). The van der Waals surface area contributed by atoms with Crippen LogP contribution in [-0.4, -0.2) is 59.5 Å². The van der Waals surface area contributed by atoms with Crippen LogP contribution in [0.3, 0.4) is 0 Å². The molecule has 1 N–H and O–H groups in total. The average Bonchev–Trinajstić information content (AvgIpc) is 3.26. The van der Waals surface area contributed by atoms with Gasteiger partial charge < -0.3 is 13.8 Å². The Morgan fingerprint density at radius 1 is 1.23 bits per heavy atom. The molecule has 0 spiro atoms. The fourth-order valence-corrected chi connectivity index (χ4v) is 2.73. The van der Waals surface area contributed by atoms with Gasteiger partial charge in [-0.25, -0.2) is 0 Å². The van der Waals surface area contributed by atoms with Crippen LogP contribution in [0.25, 0.3) is 0 Å². The Bertz CT molecular complexity index is 753. The normalized spacial score (nSPS) is 15.9. The smallest absolute Gasteiger partial charge is 0.289 e. The molecule has 0 unspecified atom stereocenters. The topological polar surface area (TPSA) is 91.8 Å². The fourth-order valence-electron chi connectivity index (χ4n) is 2.73. The molecule has 1 saturated heterocycles. The number of furan rings is 1. The highest BCUT2D eigenvalue weighted by molar-refractivity contribution is 5.92. The molecular formula is C18H24N4O4. The molecule has 1 fully saturated rings. The van der Waals surface area contributed by atoms with Gasteiger partial charge in [0.2, 0.25) is 11.8 Å². The molecule has 140 valence electrons. The van der Waals surface area contributed by atoms with Gasteiger partial charge in [-0.2, -0.15) is 0 Å². The van der Waals surface area contributed by atoms with E-state index in [1.165, 1.54) is 6.26 Å². The minimum absolute atomic E-state index is 0.115. The van der Waals surface area contributed by atoms with E-state index in [1.54, 1.807) is 23.1 Å². The molecule has 0 saturated carbocycles. The summed E-state index contributed by atoms with van der Waals surface area (Å²) in [6, 6.07) is 5.10. The van der Waals surface area contributed by atoms with Crippen molar-refractivity contribution >= 4 is 17.7 Å². The van der Waals surface area contributed by atoms with Crippen LogP contribution in [0.15, 0.2) is 33.4 Å². The number of anilines is 1. The van der Waals surface area contributed by atoms with Gasteiger partial charge in [0, 0.05) is 37.7 Å². The minimum atomic E-state index is -0.160. The zero-order chi connectivity index (χ0) is 18.7. The highest BCUT2D eigenvalue weighted by Crippen LogP contribution is 2.23. The summed E-state index contributed by atoms with van der Waals surface area (Å²) in [6.45, 7) is 8.70. The lowest BCUT2D eigenvalue weighted by Gasteiger charge is -2.33. The Labute approximate surface area is 152 Å². The number of carbonyl (C=O) groups is 2. The van der Waals surface area contributed by atoms with Crippen molar-refractivity contribution < 1.29 is 18.5 Å². The third-order valence-corrected chi connectivity index (χ3v) is 4.30. The van der Waals surface area contributed by atoms with Gasteiger partial charge in [-0.15, -0.1) is 0 Å². The van der Waals surface area contributed by atoms with Crippen molar-refractivity contribution in [1.82, 2.24) is 15.0 Å². The van der Waals surface area contributed by atoms with E-state index >= 15 is 0 Å². The number of amides is 2. The van der Waals surface area contributed by atoms with Crippen molar-refractivity contribution in [3.05, 3.63) is 35.9 Å². The third kappa shape index (κ3) is 4.32. The second-order valence-electron chi connectivity index (χ2n) is 7.42.